The van der Waals surface area contributed by atoms with Gasteiger partial charge in [0.05, 0.1) is 35.7 Å². The van der Waals surface area contributed by atoms with Crippen LogP contribution in [0.25, 0.3) is 33.1 Å². The lowest BCUT2D eigenvalue weighted by Crippen LogP contribution is -2.37. The largest absolute Gasteiger partial charge is 0.460 e. The third-order valence-corrected chi connectivity index (χ3v) is 17.2. The van der Waals surface area contributed by atoms with Gasteiger partial charge in [0.25, 0.3) is 0 Å². The zero-order valence-electron chi connectivity index (χ0n) is 44.8. The molecule has 3 amide bonds. The molecule has 7 N–H and O–H groups in total. The number of anilines is 3. The van der Waals surface area contributed by atoms with Gasteiger partial charge in [0, 0.05) is 104 Å². The maximum Gasteiger partial charge on any atom is 0.306 e. The molecule has 0 radical (unpaired) electrons. The number of nitrogens with two attached hydrogens (primary N) is 2. The van der Waals surface area contributed by atoms with Gasteiger partial charge in [-0.25, -0.2) is 29.9 Å². The molecular weight excluding hydrogens is 967 g/mol. The minimum absolute atomic E-state index is 0.0602. The standard InChI is InChI=1S/C22H31N5O3.2C16H22N6O/c1-22(2,3)30-19(29)6-5-18(28)27-11-14-9-16(10-15(14)12-27)26(4)21-17-7-8-23-20(17)24-13-25-21;2*1-21(16-13-2-3-18-15(13)19-9-20-16)12-4-10-7-22(14(23)6-17)8-11(10)5-12/h7-8,13-16H,5-6,9-12H2,1-4H3,(H,23,24,25);2*2-3,9-12H,4-8,17H2,1H3,(H,18,19,20)/t14-,15+,16?;2*10-,11+,12?. The van der Waals surface area contributed by atoms with Gasteiger partial charge in [-0.2, -0.15) is 0 Å². The number of nitrogens with one attached hydrogen (secondary N) is 3. The molecule has 406 valence electrons. The first-order valence-corrected chi connectivity index (χ1v) is 27.0. The molecule has 0 aromatic carbocycles. The Hall–Kier alpha value is -6.94. The zero-order chi connectivity index (χ0) is 53.4. The van der Waals surface area contributed by atoms with Crippen molar-refractivity contribution in [1.29, 1.82) is 0 Å². The summed E-state index contributed by atoms with van der Waals surface area (Å²) in [5.74, 6) is 6.18. The molecule has 3 saturated carbocycles. The highest BCUT2D eigenvalue weighted by Gasteiger charge is 2.46. The second-order valence-electron chi connectivity index (χ2n) is 23.0. The lowest BCUT2D eigenvalue weighted by molar-refractivity contribution is -0.156. The maximum absolute atomic E-state index is 12.6. The number of rotatable bonds is 11. The van der Waals surface area contributed by atoms with Gasteiger partial charge in [-0.3, -0.25) is 19.2 Å². The summed E-state index contributed by atoms with van der Waals surface area (Å²) in [6.07, 6.45) is 17.4. The summed E-state index contributed by atoms with van der Waals surface area (Å²) in [5, 5.41) is 3.16. The Morgan fingerprint density at radius 3 is 1.11 bits per heavy atom. The monoisotopic (exact) mass is 1040 g/mol. The number of hydrogen-bond acceptors (Lipinski definition) is 16. The van der Waals surface area contributed by atoms with Crippen LogP contribution in [0.2, 0.25) is 0 Å². The number of ether oxygens (including phenoxy) is 1. The van der Waals surface area contributed by atoms with E-state index in [4.69, 9.17) is 16.2 Å². The minimum Gasteiger partial charge on any atom is -0.460 e. The van der Waals surface area contributed by atoms with Crippen molar-refractivity contribution in [2.75, 3.05) is 88.2 Å². The van der Waals surface area contributed by atoms with E-state index in [0.717, 1.165) is 128 Å². The quantitative estimate of drug-likeness (QED) is 0.115. The second-order valence-corrected chi connectivity index (χ2v) is 23.0. The van der Waals surface area contributed by atoms with Crippen LogP contribution in [0.3, 0.4) is 0 Å². The molecule has 6 aromatic heterocycles. The van der Waals surface area contributed by atoms with Crippen molar-refractivity contribution in [1.82, 2.24) is 59.6 Å². The second kappa shape index (κ2) is 22.0. The number of carbonyl (C=O) groups excluding carboxylic acids is 4. The average Bonchev–Trinajstić information content (AvgIpc) is 4.26. The number of aromatic amines is 3. The number of esters is 1. The molecule has 3 aliphatic carbocycles. The molecule has 3 saturated heterocycles. The first-order valence-electron chi connectivity index (χ1n) is 27.0. The van der Waals surface area contributed by atoms with Crippen LogP contribution in [-0.2, 0) is 23.9 Å². The fraction of sp³-hybridized carbons (Fsp3) is 0.593. The Kier molecular flexibility index (Phi) is 15.2. The minimum atomic E-state index is -0.512. The third kappa shape index (κ3) is 11.0. The third-order valence-electron chi connectivity index (χ3n) is 17.2. The van der Waals surface area contributed by atoms with Crippen LogP contribution in [0.4, 0.5) is 17.5 Å². The predicted molar refractivity (Wildman–Crippen MR) is 290 cm³/mol. The highest BCUT2D eigenvalue weighted by Crippen LogP contribution is 2.44. The van der Waals surface area contributed by atoms with E-state index < -0.39 is 5.60 Å². The van der Waals surface area contributed by atoms with Crippen LogP contribution in [0.1, 0.15) is 72.1 Å². The first-order chi connectivity index (χ1) is 36.5. The van der Waals surface area contributed by atoms with E-state index >= 15 is 0 Å². The predicted octanol–water partition coefficient (Wildman–Crippen LogP) is 3.93. The van der Waals surface area contributed by atoms with E-state index in [2.05, 4.69) is 80.7 Å². The highest BCUT2D eigenvalue weighted by molar-refractivity contribution is 5.89. The molecule has 9 heterocycles. The van der Waals surface area contributed by atoms with Gasteiger partial charge in [0.1, 0.15) is 59.0 Å². The normalized spacial score (nSPS) is 25.5. The summed E-state index contributed by atoms with van der Waals surface area (Å²) in [6.45, 7) is 10.7. The molecule has 6 aromatic rings. The van der Waals surface area contributed by atoms with E-state index in [1.54, 1.807) is 19.0 Å². The van der Waals surface area contributed by atoms with E-state index in [0.29, 0.717) is 53.6 Å². The van der Waals surface area contributed by atoms with E-state index in [1.807, 2.05) is 72.3 Å². The van der Waals surface area contributed by atoms with Crippen molar-refractivity contribution in [3.8, 4) is 0 Å². The smallest absolute Gasteiger partial charge is 0.306 e. The fourth-order valence-corrected chi connectivity index (χ4v) is 13.3. The van der Waals surface area contributed by atoms with Crippen molar-refractivity contribution in [2.45, 2.75) is 95.9 Å². The summed E-state index contributed by atoms with van der Waals surface area (Å²) < 4.78 is 5.30. The molecule has 3 unspecified atom stereocenters. The van der Waals surface area contributed by atoms with Crippen LogP contribution >= 0.6 is 0 Å². The van der Waals surface area contributed by atoms with Gasteiger partial charge in [0.15, 0.2) is 0 Å². The number of nitrogens with zero attached hydrogens (tertiary/aromatic N) is 12. The summed E-state index contributed by atoms with van der Waals surface area (Å²) >= 11 is 0. The molecule has 12 rings (SSSR count). The summed E-state index contributed by atoms with van der Waals surface area (Å²) in [7, 11) is 6.33. The number of fused-ring (bicyclic) bond motifs is 6. The van der Waals surface area contributed by atoms with Crippen LogP contribution in [0, 0.1) is 35.5 Å². The van der Waals surface area contributed by atoms with Gasteiger partial charge in [-0.05, 0) is 113 Å². The molecule has 9 atom stereocenters. The highest BCUT2D eigenvalue weighted by atomic mass is 16.6. The van der Waals surface area contributed by atoms with Crippen molar-refractivity contribution < 1.29 is 23.9 Å². The Morgan fingerprint density at radius 1 is 0.513 bits per heavy atom. The summed E-state index contributed by atoms with van der Waals surface area (Å²) in [6, 6.07) is 7.41. The molecule has 22 heteroatoms. The number of amides is 3. The van der Waals surface area contributed by atoms with E-state index in [1.165, 1.54) is 0 Å². The Bertz CT molecular complexity index is 2860. The fourth-order valence-electron chi connectivity index (χ4n) is 13.3. The summed E-state index contributed by atoms with van der Waals surface area (Å²) in [4.78, 5) is 96.3. The van der Waals surface area contributed by atoms with E-state index in [-0.39, 0.29) is 49.6 Å². The van der Waals surface area contributed by atoms with Crippen LogP contribution in [-0.4, -0.2) is 180 Å². The van der Waals surface area contributed by atoms with Crippen LogP contribution < -0.4 is 26.2 Å². The number of carbonyl (C=O) groups is 4. The topological polar surface area (TPSA) is 274 Å². The maximum atomic E-state index is 12.6. The van der Waals surface area contributed by atoms with E-state index in [9.17, 15) is 19.2 Å². The van der Waals surface area contributed by atoms with Crippen molar-refractivity contribution >= 4 is 74.2 Å². The molecule has 22 nitrogen and oxygen atoms in total. The van der Waals surface area contributed by atoms with Crippen LogP contribution in [0.15, 0.2) is 55.8 Å². The zero-order valence-corrected chi connectivity index (χ0v) is 44.8. The molecule has 0 spiro atoms. The Morgan fingerprint density at radius 2 is 0.816 bits per heavy atom. The molecule has 3 aliphatic heterocycles. The molecule has 6 fully saturated rings. The Balaban J connectivity index is 0.000000131. The number of hydrogen-bond donors (Lipinski definition) is 5. The van der Waals surface area contributed by atoms with Gasteiger partial charge in [-0.15, -0.1) is 0 Å². The van der Waals surface area contributed by atoms with Gasteiger partial charge >= 0.3 is 5.97 Å². The number of aromatic nitrogens is 9. The van der Waals surface area contributed by atoms with Gasteiger partial charge in [0.2, 0.25) is 17.7 Å². The average molecular weight is 1040 g/mol. The van der Waals surface area contributed by atoms with Crippen molar-refractivity contribution in [2.24, 2.45) is 47.0 Å². The first kappa shape index (κ1) is 52.5. The van der Waals surface area contributed by atoms with Gasteiger partial charge in [-0.1, -0.05) is 0 Å². The van der Waals surface area contributed by atoms with Crippen molar-refractivity contribution in [3.63, 3.8) is 0 Å². The molecule has 6 aliphatic rings. The lowest BCUT2D eigenvalue weighted by Gasteiger charge is -2.28. The molecule has 76 heavy (non-hydrogen) atoms. The van der Waals surface area contributed by atoms with Crippen molar-refractivity contribution in [3.05, 3.63) is 55.8 Å². The van der Waals surface area contributed by atoms with Crippen LogP contribution in [0.5, 0.6) is 0 Å². The Labute approximate surface area is 443 Å². The molecule has 0 bridgehead atoms. The lowest BCUT2D eigenvalue weighted by atomic mass is 10.0. The SMILES string of the molecule is CN(c1ncnc2[nH]ccc12)C1C[C@@H]2CN(C(=O)CCC(=O)OC(C)(C)C)C[C@@H]2C1.CN(c1ncnc2[nH]ccc12)C1C[C@@H]2CN(C(=O)CN)C[C@@H]2C1.CN(c1ncnc2[nH]ccc12)C1C[C@@H]2CN(C(=O)CN)C[C@@H]2C1. The number of likely N-dealkylation sites (tertiary alicyclic amines) is 3. The summed E-state index contributed by atoms with van der Waals surface area (Å²) in [5.41, 5.74) is 13.1. The number of H-pyrrole nitrogens is 3. The molecular formula is C54H75N17O5. The van der Waals surface area contributed by atoms with Gasteiger partial charge < -0.3 is 60.6 Å².